The number of rotatable bonds is 0. The van der Waals surface area contributed by atoms with E-state index in [1.165, 1.54) is 57.8 Å². The average molecular weight is 573 g/mol. The summed E-state index contributed by atoms with van der Waals surface area (Å²) in [5.41, 5.74) is -3.72. The summed E-state index contributed by atoms with van der Waals surface area (Å²) < 4.78 is 3.48. The van der Waals surface area contributed by atoms with Gasteiger partial charge >= 0.3 is 165 Å². The predicted octanol–water partition coefficient (Wildman–Crippen LogP) is 5.34. The van der Waals surface area contributed by atoms with E-state index in [1.807, 2.05) is 0 Å². The Morgan fingerprint density at radius 3 is 0.808 bits per heavy atom. The summed E-state index contributed by atoms with van der Waals surface area (Å²) in [7, 11) is 0. The van der Waals surface area contributed by atoms with Crippen molar-refractivity contribution >= 4 is 29.7 Å². The molecule has 3 saturated carbocycles. The molecule has 0 aliphatic heterocycles. The van der Waals surface area contributed by atoms with Crippen molar-refractivity contribution in [3.8, 4) is 0 Å². The van der Waals surface area contributed by atoms with Gasteiger partial charge in [-0.2, -0.15) is 11.8 Å². The van der Waals surface area contributed by atoms with Crippen LogP contribution in [0.25, 0.3) is 0 Å². The van der Waals surface area contributed by atoms with E-state index in [0.717, 1.165) is 13.5 Å². The summed E-state index contributed by atoms with van der Waals surface area (Å²) in [5, 5.41) is 0. The summed E-state index contributed by atoms with van der Waals surface area (Å²) in [6.07, 6.45) is 22.9. The van der Waals surface area contributed by atoms with Gasteiger partial charge in [0.15, 0.2) is 0 Å². The molecule has 3 fully saturated rings. The number of hydrogen-bond acceptors (Lipinski definition) is 4. The Morgan fingerprint density at radius 2 is 0.731 bits per heavy atom. The van der Waals surface area contributed by atoms with E-state index >= 15 is 0 Å². The number of hydrogen-bond donors (Lipinski definition) is 0. The van der Waals surface area contributed by atoms with Crippen molar-refractivity contribution in [2.75, 3.05) is 0 Å². The monoisotopic (exact) mass is 568 g/mol. The normalized spacial score (nSPS) is 22.8. The molecule has 0 atom stereocenters. The minimum absolute atomic E-state index is 1.16. The molecule has 0 radical (unpaired) electrons. The second-order valence-corrected chi connectivity index (χ2v) is 19.7. The van der Waals surface area contributed by atoms with Gasteiger partial charge in [-0.05, 0) is 0 Å². The molecule has 140 valence electrons. The first-order valence-corrected chi connectivity index (χ1v) is 19.2. The third kappa shape index (κ3) is 24.8. The molecule has 2 nitrogen and oxygen atoms in total. The molecule has 0 aromatic carbocycles. The van der Waals surface area contributed by atoms with Crippen molar-refractivity contribution in [1.29, 1.82) is 0 Å². The van der Waals surface area contributed by atoms with E-state index in [-0.39, 0.29) is 0 Å². The maximum absolute atomic E-state index is 9.29. The Bertz CT molecular complexity index is 308. The quantitative estimate of drug-likeness (QED) is 0.224. The summed E-state index contributed by atoms with van der Waals surface area (Å²) in [4.78, 5) is 18.6. The van der Waals surface area contributed by atoms with Crippen molar-refractivity contribution in [3.63, 3.8) is 0 Å². The van der Waals surface area contributed by atoms with E-state index in [0.29, 0.717) is 0 Å². The van der Waals surface area contributed by atoms with Crippen LogP contribution in [-0.2, 0) is 79.0 Å². The van der Waals surface area contributed by atoms with Crippen molar-refractivity contribution in [2.45, 2.75) is 110 Å². The molecule has 0 aromatic heterocycles. The third-order valence-corrected chi connectivity index (χ3v) is 10.3. The molecule has 0 unspecified atom stereocenters. The summed E-state index contributed by atoms with van der Waals surface area (Å²) >= 11 is 11.9. The molecule has 3 rings (SSSR count). The van der Waals surface area contributed by atoms with Gasteiger partial charge < -0.3 is 27.7 Å². The van der Waals surface area contributed by atoms with Gasteiger partial charge in [0.2, 0.25) is 0 Å². The van der Waals surface area contributed by atoms with Crippen LogP contribution in [0.3, 0.4) is 0 Å². The van der Waals surface area contributed by atoms with Crippen LogP contribution in [0.5, 0.6) is 0 Å². The molecule has 0 spiro atoms. The minimum atomic E-state index is -3.72. The van der Waals surface area contributed by atoms with Gasteiger partial charge in [-0.1, -0.05) is 0 Å². The first-order chi connectivity index (χ1) is 12.2. The fraction of sp³-hybridized carbons (Fsp3) is 1.00. The van der Waals surface area contributed by atoms with Gasteiger partial charge in [-0.3, -0.25) is 0 Å². The van der Waals surface area contributed by atoms with Crippen molar-refractivity contribution in [3.05, 3.63) is 0 Å². The molecular formula is C18H33O2PS2Zn3. The maximum atomic E-state index is 9.29. The van der Waals surface area contributed by atoms with Crippen LogP contribution in [0.2, 0.25) is 13.5 Å². The van der Waals surface area contributed by atoms with Crippen LogP contribution in [0, 0.1) is 0 Å². The van der Waals surface area contributed by atoms with Gasteiger partial charge in [-0.25, -0.2) is 0 Å². The fourth-order valence-corrected chi connectivity index (χ4v) is 7.20. The second-order valence-electron chi connectivity index (χ2n) is 7.96. The molecule has 0 saturated heterocycles. The predicted molar refractivity (Wildman–Crippen MR) is 102 cm³/mol. The molecule has 8 heteroatoms. The SMILES string of the molecule is [O-]P([O-])(=S)[S-].[Zn+][CH]1CCCCC1.[Zn+][CH]1CCCCC1.[Zn+][CH]1CCCCC1. The Balaban J connectivity index is 0.000000324. The topological polar surface area (TPSA) is 46.1 Å². The van der Waals surface area contributed by atoms with Gasteiger partial charge in [0.25, 0.3) is 0 Å². The van der Waals surface area contributed by atoms with E-state index in [4.69, 9.17) is 0 Å². The zero-order chi connectivity index (χ0) is 19.8. The summed E-state index contributed by atoms with van der Waals surface area (Å²) in [6, 6.07) is 0. The first-order valence-electron chi connectivity index (χ1n) is 10.4. The van der Waals surface area contributed by atoms with Crippen molar-refractivity contribution < 1.29 is 64.7 Å². The van der Waals surface area contributed by atoms with Crippen LogP contribution >= 0.6 is 5.69 Å². The molecule has 26 heavy (non-hydrogen) atoms. The molecule has 0 heterocycles. The molecular weight excluding hydrogens is 539 g/mol. The molecule has 3 aliphatic rings. The Hall–Kier alpha value is 2.79. The zero-order valence-electron chi connectivity index (χ0n) is 16.5. The molecule has 0 aromatic rings. The molecule has 0 amide bonds. The van der Waals surface area contributed by atoms with E-state index < -0.39 is 5.69 Å². The Labute approximate surface area is 202 Å². The van der Waals surface area contributed by atoms with Crippen LogP contribution < -0.4 is 9.79 Å². The van der Waals surface area contributed by atoms with Crippen molar-refractivity contribution in [2.24, 2.45) is 0 Å². The van der Waals surface area contributed by atoms with Crippen LogP contribution in [0.1, 0.15) is 96.3 Å². The molecule has 3 aliphatic carbocycles. The van der Waals surface area contributed by atoms with E-state index in [9.17, 15) is 9.79 Å². The summed E-state index contributed by atoms with van der Waals surface area (Å²) in [6.45, 7) is 0. The summed E-state index contributed by atoms with van der Waals surface area (Å²) in [5.74, 6) is 0. The van der Waals surface area contributed by atoms with Gasteiger partial charge in [0.05, 0.1) is 0 Å². The molecule has 0 bridgehead atoms. The third-order valence-electron chi connectivity index (χ3n) is 5.17. The van der Waals surface area contributed by atoms with E-state index in [2.05, 4.69) is 24.1 Å². The second kappa shape index (κ2) is 18.6. The average Bonchev–Trinajstić information content (AvgIpc) is 2.57. The molecule has 0 N–H and O–H groups in total. The van der Waals surface area contributed by atoms with Crippen LogP contribution in [-0.4, -0.2) is 0 Å². The van der Waals surface area contributed by atoms with Crippen LogP contribution in [0.15, 0.2) is 0 Å². The van der Waals surface area contributed by atoms with Crippen molar-refractivity contribution in [1.82, 2.24) is 0 Å². The van der Waals surface area contributed by atoms with Gasteiger partial charge in [0.1, 0.15) is 0 Å². The Kier molecular flexibility index (Phi) is 20.5. The standard InChI is InChI=1S/3C6H11.H3O2PS2.3Zn/c3*1-2-4-6-5-3-1;1-3(2,4)5;;;/h3*1H,2-6H2;(H3,1,2,4,5);;;/q;;;;3*+1/p-3. The first kappa shape index (κ1) is 28.8. The van der Waals surface area contributed by atoms with Gasteiger partial charge in [0, 0.05) is 0 Å². The zero-order valence-corrected chi connectivity index (χ0v) is 28.0. The van der Waals surface area contributed by atoms with E-state index in [1.54, 1.807) is 93.4 Å². The van der Waals surface area contributed by atoms with Crippen LogP contribution in [0.4, 0.5) is 0 Å². The fourth-order valence-electron chi connectivity index (χ4n) is 3.56. The van der Waals surface area contributed by atoms with Gasteiger partial charge in [-0.15, -0.1) is 0 Å². The Morgan fingerprint density at radius 1 is 0.577 bits per heavy atom.